The number of nitrogens with one attached hydrogen (secondary N) is 2. The topological polar surface area (TPSA) is 84.5 Å². The molecule has 0 aromatic heterocycles. The van der Waals surface area contributed by atoms with Crippen molar-refractivity contribution in [3.8, 4) is 5.75 Å². The highest BCUT2D eigenvalue weighted by atomic mass is 35.5. The van der Waals surface area contributed by atoms with Gasteiger partial charge in [-0.1, -0.05) is 36.5 Å². The Morgan fingerprint density at radius 2 is 1.81 bits per heavy atom. The summed E-state index contributed by atoms with van der Waals surface area (Å²) in [6.45, 7) is 2.12. The molecule has 146 valence electrons. The molecule has 1 amide bonds. The summed E-state index contributed by atoms with van der Waals surface area (Å²) < 4.78 is 32.1. The maximum atomic E-state index is 12.1. The summed E-state index contributed by atoms with van der Waals surface area (Å²) in [7, 11) is -3.55. The molecule has 0 fully saturated rings. The molecular weight excluding hydrogens is 411 g/mol. The van der Waals surface area contributed by atoms with E-state index in [1.807, 2.05) is 6.92 Å². The number of anilines is 1. The molecule has 2 aromatic rings. The number of benzene rings is 2. The van der Waals surface area contributed by atoms with E-state index in [9.17, 15) is 13.2 Å². The lowest BCUT2D eigenvalue weighted by Gasteiger charge is -2.10. The van der Waals surface area contributed by atoms with Gasteiger partial charge in [0.2, 0.25) is 10.0 Å². The third-order valence-corrected chi connectivity index (χ3v) is 5.53. The van der Waals surface area contributed by atoms with Crippen LogP contribution in [-0.4, -0.2) is 27.5 Å². The van der Waals surface area contributed by atoms with Crippen LogP contribution in [0.25, 0.3) is 0 Å². The summed E-state index contributed by atoms with van der Waals surface area (Å²) in [5.74, 6) is -0.0616. The van der Waals surface area contributed by atoms with Crippen LogP contribution in [0.5, 0.6) is 5.75 Å². The van der Waals surface area contributed by atoms with Gasteiger partial charge in [0, 0.05) is 17.3 Å². The van der Waals surface area contributed by atoms with E-state index in [1.54, 1.807) is 12.1 Å². The zero-order valence-corrected chi connectivity index (χ0v) is 17.0. The summed E-state index contributed by atoms with van der Waals surface area (Å²) in [6, 6.07) is 10.6. The Bertz CT molecular complexity index is 887. The van der Waals surface area contributed by atoms with Crippen LogP contribution < -0.4 is 14.8 Å². The van der Waals surface area contributed by atoms with Crippen LogP contribution in [-0.2, 0) is 14.8 Å². The monoisotopic (exact) mass is 430 g/mol. The fourth-order valence-corrected chi connectivity index (χ4v) is 3.65. The molecule has 0 atom stereocenters. The van der Waals surface area contributed by atoms with Crippen LogP contribution in [0.4, 0.5) is 5.69 Å². The van der Waals surface area contributed by atoms with Gasteiger partial charge in [0.05, 0.1) is 9.92 Å². The number of halogens is 2. The molecule has 0 aliphatic carbocycles. The quantitative estimate of drug-likeness (QED) is 0.586. The van der Waals surface area contributed by atoms with Gasteiger partial charge in [-0.3, -0.25) is 4.79 Å². The van der Waals surface area contributed by atoms with Crippen molar-refractivity contribution in [3.05, 3.63) is 52.5 Å². The molecule has 27 heavy (non-hydrogen) atoms. The number of hydrogen-bond acceptors (Lipinski definition) is 4. The standard InChI is InChI=1S/C18H20Cl2N2O4S/c1-2-3-10-21-27(24,25)15-7-5-14(6-8-15)22-18(23)12-26-17-9-4-13(19)11-16(17)20/h4-9,11,21H,2-3,10,12H2,1H3,(H,22,23). The molecule has 0 aliphatic heterocycles. The number of rotatable bonds is 9. The minimum atomic E-state index is -3.55. The van der Waals surface area contributed by atoms with Crippen molar-refractivity contribution in [1.82, 2.24) is 4.72 Å². The fourth-order valence-electron chi connectivity index (χ4n) is 2.12. The molecule has 0 radical (unpaired) electrons. The summed E-state index contributed by atoms with van der Waals surface area (Å²) in [5, 5.41) is 3.40. The van der Waals surface area contributed by atoms with Crippen molar-refractivity contribution in [3.63, 3.8) is 0 Å². The lowest BCUT2D eigenvalue weighted by Crippen LogP contribution is -2.24. The SMILES string of the molecule is CCCCNS(=O)(=O)c1ccc(NC(=O)COc2ccc(Cl)cc2Cl)cc1. The number of carbonyl (C=O) groups is 1. The van der Waals surface area contributed by atoms with Crippen molar-refractivity contribution < 1.29 is 17.9 Å². The third kappa shape index (κ3) is 6.70. The van der Waals surface area contributed by atoms with E-state index in [2.05, 4.69) is 10.0 Å². The Morgan fingerprint density at radius 3 is 2.44 bits per heavy atom. The smallest absolute Gasteiger partial charge is 0.262 e. The predicted molar refractivity (Wildman–Crippen MR) is 107 cm³/mol. The normalized spacial score (nSPS) is 11.2. The van der Waals surface area contributed by atoms with Crippen LogP contribution in [0.1, 0.15) is 19.8 Å². The molecule has 0 saturated heterocycles. The largest absolute Gasteiger partial charge is 0.482 e. The molecule has 0 spiro atoms. The molecule has 2 aromatic carbocycles. The van der Waals surface area contributed by atoms with Crippen LogP contribution in [0.15, 0.2) is 47.4 Å². The second-order valence-corrected chi connectivity index (χ2v) is 8.30. The van der Waals surface area contributed by atoms with Crippen molar-refractivity contribution >= 4 is 44.8 Å². The van der Waals surface area contributed by atoms with E-state index in [0.29, 0.717) is 28.0 Å². The van der Waals surface area contributed by atoms with Gasteiger partial charge in [-0.05, 0) is 48.9 Å². The molecule has 0 saturated carbocycles. The minimum absolute atomic E-state index is 0.140. The Hall–Kier alpha value is -1.80. The number of hydrogen-bond donors (Lipinski definition) is 2. The molecule has 0 unspecified atom stereocenters. The maximum Gasteiger partial charge on any atom is 0.262 e. The van der Waals surface area contributed by atoms with Gasteiger partial charge in [-0.15, -0.1) is 0 Å². The molecule has 2 N–H and O–H groups in total. The summed E-state index contributed by atoms with van der Waals surface area (Å²) in [4.78, 5) is 12.1. The highest BCUT2D eigenvalue weighted by Crippen LogP contribution is 2.27. The van der Waals surface area contributed by atoms with Crippen molar-refractivity contribution in [2.24, 2.45) is 0 Å². The average Bonchev–Trinajstić information content (AvgIpc) is 2.61. The zero-order chi connectivity index (χ0) is 19.9. The van der Waals surface area contributed by atoms with Gasteiger partial charge in [-0.25, -0.2) is 13.1 Å². The second kappa shape index (κ2) is 9.94. The number of ether oxygens (including phenoxy) is 1. The average molecular weight is 431 g/mol. The first-order chi connectivity index (χ1) is 12.8. The first-order valence-electron chi connectivity index (χ1n) is 8.29. The van der Waals surface area contributed by atoms with Crippen molar-refractivity contribution in [2.45, 2.75) is 24.7 Å². The summed E-state index contributed by atoms with van der Waals surface area (Å²) in [6.07, 6.45) is 1.67. The second-order valence-electron chi connectivity index (χ2n) is 5.69. The van der Waals surface area contributed by atoms with Gasteiger partial charge < -0.3 is 10.1 Å². The summed E-state index contributed by atoms with van der Waals surface area (Å²) in [5.41, 5.74) is 0.457. The maximum absolute atomic E-state index is 12.1. The molecule has 0 aliphatic rings. The molecule has 9 heteroatoms. The zero-order valence-electron chi connectivity index (χ0n) is 14.7. The lowest BCUT2D eigenvalue weighted by atomic mass is 10.3. The first kappa shape index (κ1) is 21.5. The number of carbonyl (C=O) groups excluding carboxylic acids is 1. The van der Waals surface area contributed by atoms with Crippen molar-refractivity contribution in [2.75, 3.05) is 18.5 Å². The van der Waals surface area contributed by atoms with Gasteiger partial charge in [-0.2, -0.15) is 0 Å². The van der Waals surface area contributed by atoms with Crippen LogP contribution >= 0.6 is 23.2 Å². The first-order valence-corrected chi connectivity index (χ1v) is 10.5. The van der Waals surface area contributed by atoms with E-state index in [4.69, 9.17) is 27.9 Å². The van der Waals surface area contributed by atoms with E-state index in [-0.39, 0.29) is 11.5 Å². The van der Waals surface area contributed by atoms with Crippen LogP contribution in [0.2, 0.25) is 10.0 Å². The predicted octanol–water partition coefficient (Wildman–Crippen LogP) is 4.09. The molecule has 6 nitrogen and oxygen atoms in total. The van der Waals surface area contributed by atoms with E-state index in [0.717, 1.165) is 12.8 Å². The lowest BCUT2D eigenvalue weighted by molar-refractivity contribution is -0.118. The van der Waals surface area contributed by atoms with Gasteiger partial charge in [0.15, 0.2) is 6.61 Å². The minimum Gasteiger partial charge on any atom is -0.482 e. The Balaban J connectivity index is 1.90. The fraction of sp³-hybridized carbons (Fsp3) is 0.278. The molecular formula is C18H20Cl2N2O4S. The van der Waals surface area contributed by atoms with Gasteiger partial charge >= 0.3 is 0 Å². The number of unbranched alkanes of at least 4 members (excludes halogenated alkanes) is 1. The Kier molecular flexibility index (Phi) is 7.91. The van der Waals surface area contributed by atoms with Gasteiger partial charge in [0.25, 0.3) is 5.91 Å². The Morgan fingerprint density at radius 1 is 1.11 bits per heavy atom. The molecule has 0 bridgehead atoms. The van der Waals surface area contributed by atoms with Crippen molar-refractivity contribution in [1.29, 1.82) is 0 Å². The number of sulfonamides is 1. The van der Waals surface area contributed by atoms with Crippen LogP contribution in [0, 0.1) is 0 Å². The highest BCUT2D eigenvalue weighted by Gasteiger charge is 2.13. The molecule has 0 heterocycles. The Labute approximate surface area is 168 Å². The highest BCUT2D eigenvalue weighted by molar-refractivity contribution is 7.89. The summed E-state index contributed by atoms with van der Waals surface area (Å²) >= 11 is 11.8. The van der Waals surface area contributed by atoms with E-state index in [1.165, 1.54) is 30.3 Å². The number of amides is 1. The third-order valence-electron chi connectivity index (χ3n) is 3.52. The molecule has 2 rings (SSSR count). The van der Waals surface area contributed by atoms with E-state index < -0.39 is 15.9 Å². The van der Waals surface area contributed by atoms with E-state index >= 15 is 0 Å². The van der Waals surface area contributed by atoms with Gasteiger partial charge in [0.1, 0.15) is 5.75 Å². The van der Waals surface area contributed by atoms with Crippen LogP contribution in [0.3, 0.4) is 0 Å².